The Morgan fingerprint density at radius 2 is 1.48 bits per heavy atom. The smallest absolute Gasteiger partial charge is 0.434 e. The van der Waals surface area contributed by atoms with Crippen LogP contribution >= 0.6 is 0 Å². The highest BCUT2D eigenvalue weighted by atomic mass is 16.7. The molecule has 0 saturated carbocycles. The van der Waals surface area contributed by atoms with E-state index in [1.165, 1.54) is 0 Å². The van der Waals surface area contributed by atoms with Crippen molar-refractivity contribution in [2.24, 2.45) is 0 Å². The number of ether oxygens (including phenoxy) is 2. The lowest BCUT2D eigenvalue weighted by molar-refractivity contribution is -0.0516. The Bertz CT molecular complexity index is 420. The van der Waals surface area contributed by atoms with Crippen molar-refractivity contribution in [2.45, 2.75) is 77.7 Å². The average Bonchev–Trinajstić information content (AvgIpc) is 2.58. The van der Waals surface area contributed by atoms with E-state index in [9.17, 15) is 4.79 Å². The molecule has 0 aliphatic rings. The SMILES string of the molecule is CCCCOC(=O)OC(CCCC)(CCCC)c1ccccc1. The fourth-order valence-corrected chi connectivity index (χ4v) is 2.73. The predicted molar refractivity (Wildman–Crippen MR) is 94.5 cm³/mol. The van der Waals surface area contributed by atoms with Gasteiger partial charge in [0.15, 0.2) is 0 Å². The zero-order valence-electron chi connectivity index (χ0n) is 15.0. The molecule has 3 nitrogen and oxygen atoms in total. The fraction of sp³-hybridized carbons (Fsp3) is 0.650. The van der Waals surface area contributed by atoms with Crippen LogP contribution in [-0.2, 0) is 15.1 Å². The van der Waals surface area contributed by atoms with Crippen molar-refractivity contribution in [3.8, 4) is 0 Å². The van der Waals surface area contributed by atoms with Gasteiger partial charge in [0.05, 0.1) is 6.61 Å². The van der Waals surface area contributed by atoms with Crippen LogP contribution in [0.4, 0.5) is 4.79 Å². The Morgan fingerprint density at radius 1 is 0.913 bits per heavy atom. The minimum atomic E-state index is -0.559. The van der Waals surface area contributed by atoms with Crippen molar-refractivity contribution in [1.82, 2.24) is 0 Å². The van der Waals surface area contributed by atoms with Gasteiger partial charge in [-0.25, -0.2) is 4.79 Å². The van der Waals surface area contributed by atoms with Gasteiger partial charge in [-0.05, 0) is 37.7 Å². The van der Waals surface area contributed by atoms with Crippen molar-refractivity contribution in [1.29, 1.82) is 0 Å². The summed E-state index contributed by atoms with van der Waals surface area (Å²) in [5, 5.41) is 0. The number of carbonyl (C=O) groups is 1. The van der Waals surface area contributed by atoms with Gasteiger partial charge in [0.2, 0.25) is 0 Å². The molecular formula is C20H32O3. The lowest BCUT2D eigenvalue weighted by Gasteiger charge is -2.34. The Kier molecular flexibility index (Phi) is 9.42. The largest absolute Gasteiger partial charge is 0.509 e. The Labute approximate surface area is 141 Å². The van der Waals surface area contributed by atoms with Gasteiger partial charge in [0, 0.05) is 0 Å². The second-order valence-electron chi connectivity index (χ2n) is 6.12. The number of hydrogen-bond acceptors (Lipinski definition) is 3. The Hall–Kier alpha value is -1.51. The highest BCUT2D eigenvalue weighted by molar-refractivity contribution is 5.61. The van der Waals surface area contributed by atoms with Crippen LogP contribution in [0.5, 0.6) is 0 Å². The third-order valence-corrected chi connectivity index (χ3v) is 4.16. The molecule has 0 aliphatic heterocycles. The van der Waals surface area contributed by atoms with E-state index in [1.807, 2.05) is 18.2 Å². The monoisotopic (exact) mass is 320 g/mol. The second-order valence-corrected chi connectivity index (χ2v) is 6.12. The molecule has 1 aromatic carbocycles. The molecule has 3 heteroatoms. The molecule has 1 rings (SSSR count). The maximum Gasteiger partial charge on any atom is 0.509 e. The van der Waals surface area contributed by atoms with Crippen molar-refractivity contribution in [2.75, 3.05) is 6.61 Å². The van der Waals surface area contributed by atoms with Crippen LogP contribution in [-0.4, -0.2) is 12.8 Å². The van der Waals surface area contributed by atoms with Crippen molar-refractivity contribution >= 4 is 6.16 Å². The molecule has 130 valence electrons. The molecule has 0 atom stereocenters. The van der Waals surface area contributed by atoms with E-state index < -0.39 is 11.8 Å². The summed E-state index contributed by atoms with van der Waals surface area (Å²) >= 11 is 0. The van der Waals surface area contributed by atoms with Crippen molar-refractivity contribution < 1.29 is 14.3 Å². The molecule has 0 bridgehead atoms. The predicted octanol–water partition coefficient (Wildman–Crippen LogP) is 6.22. The Balaban J connectivity index is 2.93. The van der Waals surface area contributed by atoms with E-state index in [0.717, 1.165) is 56.9 Å². The molecule has 0 amide bonds. The summed E-state index contributed by atoms with van der Waals surface area (Å²) in [6.07, 6.45) is 7.24. The van der Waals surface area contributed by atoms with E-state index in [2.05, 4.69) is 32.9 Å². The number of rotatable bonds is 11. The molecule has 0 aliphatic carbocycles. The molecule has 23 heavy (non-hydrogen) atoms. The van der Waals surface area contributed by atoms with Crippen LogP contribution < -0.4 is 0 Å². The van der Waals surface area contributed by atoms with Gasteiger partial charge in [-0.15, -0.1) is 0 Å². The normalized spacial score (nSPS) is 11.3. The maximum absolute atomic E-state index is 12.2. The van der Waals surface area contributed by atoms with E-state index in [-0.39, 0.29) is 0 Å². The van der Waals surface area contributed by atoms with Gasteiger partial charge in [-0.2, -0.15) is 0 Å². The molecule has 0 unspecified atom stereocenters. The summed E-state index contributed by atoms with van der Waals surface area (Å²) in [5.74, 6) is 0. The number of hydrogen-bond donors (Lipinski definition) is 0. The molecule has 0 N–H and O–H groups in total. The fourth-order valence-electron chi connectivity index (χ4n) is 2.73. The van der Waals surface area contributed by atoms with Crippen LogP contribution in [0, 0.1) is 0 Å². The van der Waals surface area contributed by atoms with E-state index in [0.29, 0.717) is 6.61 Å². The first-order valence-corrected chi connectivity index (χ1v) is 9.09. The maximum atomic E-state index is 12.2. The highest BCUT2D eigenvalue weighted by Crippen LogP contribution is 2.37. The van der Waals surface area contributed by atoms with Gasteiger partial charge in [0.25, 0.3) is 0 Å². The highest BCUT2D eigenvalue weighted by Gasteiger charge is 2.35. The summed E-state index contributed by atoms with van der Waals surface area (Å²) in [4.78, 5) is 12.2. The number of unbranched alkanes of at least 4 members (excludes halogenated alkanes) is 3. The first kappa shape index (κ1) is 19.5. The van der Waals surface area contributed by atoms with Gasteiger partial charge >= 0.3 is 6.16 Å². The summed E-state index contributed by atoms with van der Waals surface area (Å²) in [6.45, 7) is 6.83. The topological polar surface area (TPSA) is 35.5 Å². The van der Waals surface area contributed by atoms with Gasteiger partial charge < -0.3 is 9.47 Å². The second kappa shape index (κ2) is 11.1. The summed E-state index contributed by atoms with van der Waals surface area (Å²) in [6, 6.07) is 10.1. The number of carbonyl (C=O) groups excluding carboxylic acids is 1. The third-order valence-electron chi connectivity index (χ3n) is 4.16. The first-order chi connectivity index (χ1) is 11.2. The van der Waals surface area contributed by atoms with Gasteiger partial charge in [-0.3, -0.25) is 0 Å². The molecule has 0 fully saturated rings. The molecule has 0 radical (unpaired) electrons. The van der Waals surface area contributed by atoms with Crippen LogP contribution in [0.25, 0.3) is 0 Å². The molecule has 0 aromatic heterocycles. The van der Waals surface area contributed by atoms with Gasteiger partial charge in [-0.1, -0.05) is 70.4 Å². The van der Waals surface area contributed by atoms with E-state index in [4.69, 9.17) is 9.47 Å². The molecule has 0 spiro atoms. The lowest BCUT2D eigenvalue weighted by Crippen LogP contribution is -2.33. The first-order valence-electron chi connectivity index (χ1n) is 9.09. The van der Waals surface area contributed by atoms with Crippen LogP contribution in [0.15, 0.2) is 30.3 Å². The van der Waals surface area contributed by atoms with Gasteiger partial charge in [0.1, 0.15) is 5.60 Å². The summed E-state index contributed by atoms with van der Waals surface area (Å²) in [7, 11) is 0. The van der Waals surface area contributed by atoms with Crippen LogP contribution in [0.3, 0.4) is 0 Å². The number of benzene rings is 1. The van der Waals surface area contributed by atoms with E-state index in [1.54, 1.807) is 0 Å². The molecule has 1 aromatic rings. The lowest BCUT2D eigenvalue weighted by atomic mass is 9.84. The summed E-state index contributed by atoms with van der Waals surface area (Å²) in [5.41, 5.74) is 0.519. The Morgan fingerprint density at radius 3 is 2.00 bits per heavy atom. The van der Waals surface area contributed by atoms with Crippen molar-refractivity contribution in [3.05, 3.63) is 35.9 Å². The van der Waals surface area contributed by atoms with Crippen molar-refractivity contribution in [3.63, 3.8) is 0 Å². The van der Waals surface area contributed by atoms with Crippen LogP contribution in [0.2, 0.25) is 0 Å². The third kappa shape index (κ3) is 6.64. The van der Waals surface area contributed by atoms with E-state index >= 15 is 0 Å². The molecular weight excluding hydrogens is 288 g/mol. The zero-order valence-corrected chi connectivity index (χ0v) is 15.0. The zero-order chi connectivity index (χ0) is 17.0. The quantitative estimate of drug-likeness (QED) is 0.359. The molecule has 0 saturated heterocycles. The summed E-state index contributed by atoms with van der Waals surface area (Å²) < 4.78 is 11.2. The minimum absolute atomic E-state index is 0.432. The average molecular weight is 320 g/mol. The minimum Gasteiger partial charge on any atom is -0.434 e. The van der Waals surface area contributed by atoms with Crippen LogP contribution in [0.1, 0.15) is 77.7 Å². The molecule has 0 heterocycles. The standard InChI is InChI=1S/C20H32O3/c1-4-7-15-20(16-8-5-2,18-13-11-10-12-14-18)23-19(21)22-17-9-6-3/h10-14H,4-9,15-17H2,1-3H3.